The lowest BCUT2D eigenvalue weighted by molar-refractivity contribution is 0.730. The highest BCUT2D eigenvalue weighted by Crippen LogP contribution is 2.12. The zero-order valence-corrected chi connectivity index (χ0v) is 11.7. The molecule has 0 atom stereocenters. The second kappa shape index (κ2) is 6.83. The van der Waals surface area contributed by atoms with Crippen LogP contribution in [0.3, 0.4) is 0 Å². The standard InChI is InChI=1S/C13H23N5/c1-6-8-15-13(14-7-2)16-9-12-10(3)17-18(5)11(12)4/h6H,1,7-9H2,2-5H3,(H2,14,15,16). The molecule has 5 nitrogen and oxygen atoms in total. The van der Waals surface area contributed by atoms with Crippen LogP contribution in [0.1, 0.15) is 23.9 Å². The first-order valence-corrected chi connectivity index (χ1v) is 6.22. The largest absolute Gasteiger partial charge is 0.357 e. The lowest BCUT2D eigenvalue weighted by Crippen LogP contribution is -2.37. The van der Waals surface area contributed by atoms with E-state index in [1.165, 1.54) is 5.56 Å². The number of hydrogen-bond acceptors (Lipinski definition) is 2. The number of hydrogen-bond donors (Lipinski definition) is 2. The van der Waals surface area contributed by atoms with E-state index in [2.05, 4.69) is 34.2 Å². The minimum absolute atomic E-state index is 0.637. The second-order valence-corrected chi connectivity index (χ2v) is 4.14. The van der Waals surface area contributed by atoms with Crippen LogP contribution < -0.4 is 10.6 Å². The molecule has 5 heteroatoms. The lowest BCUT2D eigenvalue weighted by atomic mass is 10.2. The van der Waals surface area contributed by atoms with Gasteiger partial charge in [-0.3, -0.25) is 4.68 Å². The maximum atomic E-state index is 4.55. The van der Waals surface area contributed by atoms with Gasteiger partial charge in [0.25, 0.3) is 0 Å². The fourth-order valence-corrected chi connectivity index (χ4v) is 1.72. The molecular weight excluding hydrogens is 226 g/mol. The molecule has 0 aliphatic carbocycles. The summed E-state index contributed by atoms with van der Waals surface area (Å²) in [5, 5.41) is 10.8. The van der Waals surface area contributed by atoms with E-state index >= 15 is 0 Å². The van der Waals surface area contributed by atoms with Crippen LogP contribution in [0.25, 0.3) is 0 Å². The molecule has 1 rings (SSSR count). The predicted molar refractivity (Wildman–Crippen MR) is 75.7 cm³/mol. The van der Waals surface area contributed by atoms with Crippen LogP contribution in [0.2, 0.25) is 0 Å². The highest BCUT2D eigenvalue weighted by molar-refractivity contribution is 5.79. The van der Waals surface area contributed by atoms with Gasteiger partial charge in [-0.25, -0.2) is 4.99 Å². The Morgan fingerprint density at radius 2 is 2.17 bits per heavy atom. The molecule has 0 aliphatic rings. The number of rotatable bonds is 5. The zero-order valence-electron chi connectivity index (χ0n) is 11.7. The average Bonchev–Trinajstić information content (AvgIpc) is 2.58. The number of aryl methyl sites for hydroxylation is 2. The number of nitrogens with zero attached hydrogens (tertiary/aromatic N) is 3. The number of aliphatic imine (C=N–C) groups is 1. The Morgan fingerprint density at radius 1 is 1.44 bits per heavy atom. The van der Waals surface area contributed by atoms with Crippen molar-refractivity contribution in [3.63, 3.8) is 0 Å². The van der Waals surface area contributed by atoms with Crippen LogP contribution in [0.5, 0.6) is 0 Å². The third kappa shape index (κ3) is 3.61. The number of nitrogens with one attached hydrogen (secondary N) is 2. The van der Waals surface area contributed by atoms with Crippen molar-refractivity contribution in [3.8, 4) is 0 Å². The number of guanidine groups is 1. The molecule has 0 fully saturated rings. The third-order valence-corrected chi connectivity index (χ3v) is 2.81. The van der Waals surface area contributed by atoms with Gasteiger partial charge in [0, 0.05) is 31.4 Å². The predicted octanol–water partition coefficient (Wildman–Crippen LogP) is 1.28. The first kappa shape index (κ1) is 14.3. The average molecular weight is 249 g/mol. The first-order valence-electron chi connectivity index (χ1n) is 6.22. The van der Waals surface area contributed by atoms with E-state index in [4.69, 9.17) is 0 Å². The SMILES string of the molecule is C=CCNC(=NCc1c(C)nn(C)c1C)NCC. The van der Waals surface area contributed by atoms with Gasteiger partial charge in [-0.1, -0.05) is 6.08 Å². The summed E-state index contributed by atoms with van der Waals surface area (Å²) >= 11 is 0. The van der Waals surface area contributed by atoms with Gasteiger partial charge in [0.15, 0.2) is 5.96 Å². The van der Waals surface area contributed by atoms with Crippen molar-refractivity contribution in [1.29, 1.82) is 0 Å². The molecule has 1 heterocycles. The Labute approximate surface area is 109 Å². The molecular formula is C13H23N5. The van der Waals surface area contributed by atoms with E-state index in [1.807, 2.05) is 31.7 Å². The van der Waals surface area contributed by atoms with Crippen molar-refractivity contribution >= 4 is 5.96 Å². The fraction of sp³-hybridized carbons (Fsp3) is 0.538. The van der Waals surface area contributed by atoms with E-state index in [9.17, 15) is 0 Å². The quantitative estimate of drug-likeness (QED) is 0.469. The molecule has 0 radical (unpaired) electrons. The fourth-order valence-electron chi connectivity index (χ4n) is 1.72. The Kier molecular flexibility index (Phi) is 5.42. The monoisotopic (exact) mass is 249 g/mol. The number of aromatic nitrogens is 2. The van der Waals surface area contributed by atoms with Gasteiger partial charge in [0.1, 0.15) is 0 Å². The van der Waals surface area contributed by atoms with Crippen molar-refractivity contribution in [2.45, 2.75) is 27.3 Å². The summed E-state index contributed by atoms with van der Waals surface area (Å²) < 4.78 is 1.89. The molecule has 0 aromatic carbocycles. The molecule has 0 aliphatic heterocycles. The van der Waals surface area contributed by atoms with Crippen molar-refractivity contribution < 1.29 is 0 Å². The molecule has 0 spiro atoms. The van der Waals surface area contributed by atoms with Gasteiger partial charge in [-0.15, -0.1) is 6.58 Å². The summed E-state index contributed by atoms with van der Waals surface area (Å²) in [6, 6.07) is 0. The summed E-state index contributed by atoms with van der Waals surface area (Å²) in [7, 11) is 1.96. The van der Waals surface area contributed by atoms with Crippen LogP contribution in [0.15, 0.2) is 17.6 Å². The topological polar surface area (TPSA) is 54.2 Å². The zero-order chi connectivity index (χ0) is 13.5. The van der Waals surface area contributed by atoms with E-state index in [-0.39, 0.29) is 0 Å². The van der Waals surface area contributed by atoms with Crippen molar-refractivity contribution in [1.82, 2.24) is 20.4 Å². The van der Waals surface area contributed by atoms with Crippen molar-refractivity contribution in [2.24, 2.45) is 12.0 Å². The molecule has 1 aromatic rings. The van der Waals surface area contributed by atoms with Gasteiger partial charge in [-0.05, 0) is 20.8 Å². The highest BCUT2D eigenvalue weighted by atomic mass is 15.3. The van der Waals surface area contributed by atoms with Crippen LogP contribution in [-0.4, -0.2) is 28.8 Å². The summed E-state index contributed by atoms with van der Waals surface area (Å²) in [4.78, 5) is 4.55. The highest BCUT2D eigenvalue weighted by Gasteiger charge is 2.08. The summed E-state index contributed by atoms with van der Waals surface area (Å²) in [6.07, 6.45) is 1.81. The minimum Gasteiger partial charge on any atom is -0.357 e. The van der Waals surface area contributed by atoms with Gasteiger partial charge in [0.05, 0.1) is 12.2 Å². The van der Waals surface area contributed by atoms with Crippen LogP contribution in [0, 0.1) is 13.8 Å². The van der Waals surface area contributed by atoms with Gasteiger partial charge in [-0.2, -0.15) is 5.10 Å². The molecule has 0 unspecified atom stereocenters. The summed E-state index contributed by atoms with van der Waals surface area (Å²) in [6.45, 7) is 12.0. The molecule has 2 N–H and O–H groups in total. The third-order valence-electron chi connectivity index (χ3n) is 2.81. The van der Waals surface area contributed by atoms with Crippen LogP contribution in [-0.2, 0) is 13.6 Å². The Bertz CT molecular complexity index is 431. The smallest absolute Gasteiger partial charge is 0.191 e. The van der Waals surface area contributed by atoms with Crippen molar-refractivity contribution in [2.75, 3.05) is 13.1 Å². The minimum atomic E-state index is 0.637. The first-order chi connectivity index (χ1) is 8.60. The molecule has 0 bridgehead atoms. The van der Waals surface area contributed by atoms with Crippen molar-refractivity contribution in [3.05, 3.63) is 29.6 Å². The molecule has 0 saturated carbocycles. The van der Waals surface area contributed by atoms with E-state index in [1.54, 1.807) is 0 Å². The molecule has 100 valence electrons. The lowest BCUT2D eigenvalue weighted by Gasteiger charge is -2.09. The van der Waals surface area contributed by atoms with Gasteiger partial charge in [0.2, 0.25) is 0 Å². The summed E-state index contributed by atoms with van der Waals surface area (Å²) in [5.74, 6) is 0.806. The second-order valence-electron chi connectivity index (χ2n) is 4.14. The van der Waals surface area contributed by atoms with Gasteiger partial charge >= 0.3 is 0 Å². The van der Waals surface area contributed by atoms with E-state index in [0.717, 1.165) is 23.9 Å². The molecule has 0 saturated heterocycles. The Morgan fingerprint density at radius 3 is 2.67 bits per heavy atom. The van der Waals surface area contributed by atoms with E-state index in [0.29, 0.717) is 13.1 Å². The maximum absolute atomic E-state index is 4.55. The summed E-state index contributed by atoms with van der Waals surface area (Å²) in [5.41, 5.74) is 3.39. The maximum Gasteiger partial charge on any atom is 0.191 e. The van der Waals surface area contributed by atoms with Crippen LogP contribution in [0.4, 0.5) is 0 Å². The Hall–Kier alpha value is -1.78. The normalized spacial score (nSPS) is 11.4. The molecule has 18 heavy (non-hydrogen) atoms. The van der Waals surface area contributed by atoms with Gasteiger partial charge < -0.3 is 10.6 Å². The molecule has 1 aromatic heterocycles. The molecule has 0 amide bonds. The van der Waals surface area contributed by atoms with Crippen LogP contribution >= 0.6 is 0 Å². The van der Waals surface area contributed by atoms with E-state index < -0.39 is 0 Å². The Balaban J connectivity index is 2.77.